The second-order valence-corrected chi connectivity index (χ2v) is 24.1. The number of carboxylic acids is 1. The number of benzene rings is 2. The molecule has 0 spiro atoms. The highest BCUT2D eigenvalue weighted by Gasteiger charge is 2.39. The van der Waals surface area contributed by atoms with Gasteiger partial charge in [-0.25, -0.2) is 9.59 Å². The zero-order valence-corrected chi connectivity index (χ0v) is 58.2. The summed E-state index contributed by atoms with van der Waals surface area (Å²) < 4.78 is 39.2. The van der Waals surface area contributed by atoms with Crippen LogP contribution in [-0.2, 0) is 104 Å². The minimum absolute atomic E-state index is 0. The van der Waals surface area contributed by atoms with Gasteiger partial charge in [-0.2, -0.15) is 0 Å². The standard InChI is InChI=1S/C19H26N2O5.C17H22N2O5.C12H21NO4.C10H16N2O5.C8H14N2O3.CH4/c1-14(22)20-10-11-21(18(13-20)19(24)26-3)12-16(23)7-4-15-5-8-17(25-2)9-6-15;1-13(20)18-8-9-19(15(10-18)17(22)23-2)11-16(21)24-12-14-6-4-3-5-7-14;1-12(2,3)17-11(15)13-8-6-5-7-9(13)10(14)16-4;1-7(13)11-3-4-12(6-9(14)15)8(5-11)10(16)17-2;1-6(11)10-4-3-9-7(5-10)8(12)13-2;/h5-6,8-9,18H,4,7,10-13H2,1-3H3;3-7,15H,8-12H2,1-2H3;9H,5-8H2,1-4H3;8H,3-6H2,1-2H3,(H,14,15);7,9H,3-5H2,1-2H3;1H4. The van der Waals surface area contributed by atoms with Gasteiger partial charge >= 0.3 is 47.9 Å². The Bertz CT molecular complexity index is 2950. The van der Waals surface area contributed by atoms with E-state index < -0.39 is 65.7 Å². The van der Waals surface area contributed by atoms with E-state index in [1.807, 2.05) is 80.3 Å². The lowest BCUT2D eigenvalue weighted by Crippen LogP contribution is -2.58. The van der Waals surface area contributed by atoms with Gasteiger partial charge < -0.3 is 67.9 Å². The Hall–Kier alpha value is -8.81. The Balaban J connectivity index is 0.000000424. The number of aryl methyl sites for hydroxylation is 1. The molecular formula is C67H103N9O22. The molecule has 0 aromatic heterocycles. The van der Waals surface area contributed by atoms with E-state index in [0.717, 1.165) is 29.7 Å². The third kappa shape index (κ3) is 29.5. The minimum Gasteiger partial charge on any atom is -0.497 e. The lowest BCUT2D eigenvalue weighted by atomic mass is 10.0. The van der Waals surface area contributed by atoms with E-state index in [2.05, 4.69) is 14.8 Å². The highest BCUT2D eigenvalue weighted by atomic mass is 16.6. The molecule has 5 heterocycles. The van der Waals surface area contributed by atoms with Gasteiger partial charge in [0.25, 0.3) is 0 Å². The first-order valence-corrected chi connectivity index (χ1v) is 31.8. The maximum Gasteiger partial charge on any atom is 0.411 e. The van der Waals surface area contributed by atoms with Crippen LogP contribution in [0.25, 0.3) is 0 Å². The number of methoxy groups -OCH3 is 6. The Labute approximate surface area is 574 Å². The minimum atomic E-state index is -1.00. The average molecular weight is 1390 g/mol. The zero-order chi connectivity index (χ0) is 72.5. The molecule has 0 bridgehead atoms. The van der Waals surface area contributed by atoms with Crippen molar-refractivity contribution in [3.05, 3.63) is 65.7 Å². The first-order valence-electron chi connectivity index (χ1n) is 31.8. The monoisotopic (exact) mass is 1390 g/mol. The van der Waals surface area contributed by atoms with Crippen LogP contribution in [0.3, 0.4) is 0 Å². The van der Waals surface area contributed by atoms with Crippen LogP contribution >= 0.6 is 0 Å². The number of amides is 5. The van der Waals surface area contributed by atoms with Crippen molar-refractivity contribution < 1.29 is 105 Å². The van der Waals surface area contributed by atoms with Crippen LogP contribution in [0.1, 0.15) is 92.7 Å². The van der Waals surface area contributed by atoms with E-state index in [1.165, 1.54) is 77.9 Å². The van der Waals surface area contributed by atoms with Crippen molar-refractivity contribution in [1.29, 1.82) is 0 Å². The van der Waals surface area contributed by atoms with Crippen molar-refractivity contribution in [1.82, 2.24) is 44.5 Å². The van der Waals surface area contributed by atoms with Crippen LogP contribution in [0.4, 0.5) is 4.79 Å². The zero-order valence-electron chi connectivity index (χ0n) is 58.2. The third-order valence-corrected chi connectivity index (χ3v) is 16.1. The molecule has 2 aromatic rings. The van der Waals surface area contributed by atoms with Gasteiger partial charge in [0.1, 0.15) is 53.9 Å². The number of hydrogen-bond acceptors (Lipinski definition) is 25. The van der Waals surface area contributed by atoms with Crippen LogP contribution in [0.5, 0.6) is 5.75 Å². The maximum atomic E-state index is 12.4. The topological polar surface area (TPSA) is 354 Å². The fourth-order valence-corrected chi connectivity index (χ4v) is 10.7. The number of carbonyl (C=O) groups excluding carboxylic acids is 12. The summed E-state index contributed by atoms with van der Waals surface area (Å²) in [6, 6.07) is 14.2. The van der Waals surface area contributed by atoms with E-state index in [4.69, 9.17) is 33.5 Å². The van der Waals surface area contributed by atoms with E-state index in [0.29, 0.717) is 84.7 Å². The number of nitrogens with one attached hydrogen (secondary N) is 1. The second-order valence-electron chi connectivity index (χ2n) is 24.1. The molecule has 31 heteroatoms. The van der Waals surface area contributed by atoms with Gasteiger partial charge in [-0.3, -0.25) is 72.3 Å². The summed E-state index contributed by atoms with van der Waals surface area (Å²) in [6.07, 6.45) is 3.07. The third-order valence-electron chi connectivity index (χ3n) is 16.1. The molecule has 2 aromatic carbocycles. The number of ether oxygens (including phenoxy) is 8. The van der Waals surface area contributed by atoms with Crippen LogP contribution in [0.15, 0.2) is 54.6 Å². The number of Topliss-reactive ketones (excluding diaryl/α,β-unsaturated/α-hetero) is 1. The van der Waals surface area contributed by atoms with Gasteiger partial charge in [-0.15, -0.1) is 0 Å². The normalized spacial score (nSPS) is 19.4. The van der Waals surface area contributed by atoms with Gasteiger partial charge in [0, 0.05) is 119 Å². The molecule has 31 nitrogen and oxygen atoms in total. The lowest BCUT2D eigenvalue weighted by molar-refractivity contribution is -0.157. The van der Waals surface area contributed by atoms with Gasteiger partial charge in [-0.05, 0) is 69.7 Å². The van der Waals surface area contributed by atoms with Crippen LogP contribution in [0, 0.1) is 0 Å². The molecule has 98 heavy (non-hydrogen) atoms. The SMILES string of the molecule is C.COC(=O)C1CCCCN1C(=O)OC(C)(C)C.COC(=O)C1CN(C(C)=O)CCN1.COC(=O)C1CN(C(C)=O)CCN1CC(=O)CCc1ccc(OC)cc1.COC(=O)C1CN(C(C)=O)CCN1CC(=O)O.COC(=O)C1CN(C(C)=O)CCN1CC(=O)OCc1ccccc1. The molecule has 548 valence electrons. The molecule has 5 unspecified atom stereocenters. The number of hydrogen-bond donors (Lipinski definition) is 2. The molecule has 7 rings (SSSR count). The van der Waals surface area contributed by atoms with Gasteiger partial charge in [0.2, 0.25) is 23.6 Å². The maximum absolute atomic E-state index is 12.4. The Morgan fingerprint density at radius 2 is 0.939 bits per heavy atom. The number of likely N-dealkylation sites (tertiary alicyclic amines) is 1. The highest BCUT2D eigenvalue weighted by Crippen LogP contribution is 2.22. The molecule has 0 saturated carbocycles. The molecule has 0 radical (unpaired) electrons. The molecule has 5 atom stereocenters. The fourth-order valence-electron chi connectivity index (χ4n) is 10.7. The number of aliphatic carboxylic acids is 1. The van der Waals surface area contributed by atoms with Crippen LogP contribution in [0.2, 0.25) is 0 Å². The number of rotatable bonds is 17. The molecule has 2 N–H and O–H groups in total. The molecule has 5 fully saturated rings. The number of nitrogens with zero attached hydrogens (tertiary/aromatic N) is 8. The number of carboxylic acid groups (broad SMARTS) is 1. The summed E-state index contributed by atoms with van der Waals surface area (Å²) >= 11 is 0. The lowest BCUT2D eigenvalue weighted by Gasteiger charge is -2.39. The van der Waals surface area contributed by atoms with Crippen molar-refractivity contribution >= 4 is 77.3 Å². The van der Waals surface area contributed by atoms with Crippen molar-refractivity contribution in [3.63, 3.8) is 0 Å². The number of esters is 6. The summed E-state index contributed by atoms with van der Waals surface area (Å²) in [5.74, 6) is -2.96. The van der Waals surface area contributed by atoms with Crippen molar-refractivity contribution in [3.8, 4) is 5.75 Å². The molecule has 5 amide bonds. The van der Waals surface area contributed by atoms with Gasteiger partial charge in [0.05, 0.1) is 62.3 Å². The van der Waals surface area contributed by atoms with Crippen molar-refractivity contribution in [2.45, 2.75) is 130 Å². The highest BCUT2D eigenvalue weighted by molar-refractivity contribution is 5.85. The molecule has 5 saturated heterocycles. The number of ketones is 1. The average Bonchev–Trinajstić information content (AvgIpc) is 0.880. The molecule has 0 aliphatic carbocycles. The van der Waals surface area contributed by atoms with Crippen molar-refractivity contribution in [2.24, 2.45) is 0 Å². The fraction of sp³-hybridized carbons (Fsp3) is 0.627. The predicted molar refractivity (Wildman–Crippen MR) is 354 cm³/mol. The second kappa shape index (κ2) is 43.5. The smallest absolute Gasteiger partial charge is 0.411 e. The number of piperazine rings is 4. The Kier molecular flexibility index (Phi) is 37.8. The molecular weight excluding hydrogens is 1280 g/mol. The quantitative estimate of drug-likeness (QED) is 0.168. The van der Waals surface area contributed by atoms with E-state index in [1.54, 1.807) is 26.7 Å². The summed E-state index contributed by atoms with van der Waals surface area (Å²) in [5, 5.41) is 11.7. The van der Waals surface area contributed by atoms with Crippen molar-refractivity contribution in [2.75, 3.05) is 147 Å². The Morgan fingerprint density at radius 3 is 1.37 bits per heavy atom. The van der Waals surface area contributed by atoms with Gasteiger partial charge in [-0.1, -0.05) is 49.9 Å². The summed E-state index contributed by atoms with van der Waals surface area (Å²) in [5.41, 5.74) is 1.41. The molecule has 5 aliphatic rings. The Morgan fingerprint density at radius 1 is 0.500 bits per heavy atom. The van der Waals surface area contributed by atoms with E-state index in [-0.39, 0.29) is 101 Å². The first kappa shape index (κ1) is 85.3. The molecule has 5 aliphatic heterocycles. The van der Waals surface area contributed by atoms with E-state index in [9.17, 15) is 62.3 Å². The summed E-state index contributed by atoms with van der Waals surface area (Å²) in [6.45, 7) is 16.9. The van der Waals surface area contributed by atoms with Gasteiger partial charge in [0.15, 0.2) is 0 Å². The summed E-state index contributed by atoms with van der Waals surface area (Å²) in [4.78, 5) is 163. The van der Waals surface area contributed by atoms with Crippen LogP contribution < -0.4 is 10.1 Å². The number of piperidine rings is 1. The number of carbonyl (C=O) groups is 13. The predicted octanol–water partition coefficient (Wildman–Crippen LogP) is 1.68. The largest absolute Gasteiger partial charge is 0.497 e. The van der Waals surface area contributed by atoms with Crippen LogP contribution in [-0.4, -0.2) is 305 Å². The van der Waals surface area contributed by atoms with E-state index >= 15 is 0 Å². The summed E-state index contributed by atoms with van der Waals surface area (Å²) in [7, 11) is 8.15. The first-order chi connectivity index (χ1) is 45.9.